The molecule has 0 radical (unpaired) electrons. The average Bonchev–Trinajstić information content (AvgIpc) is 2.80. The lowest BCUT2D eigenvalue weighted by atomic mass is 10.1. The Labute approximate surface area is 131 Å². The highest BCUT2D eigenvalue weighted by Crippen LogP contribution is 2.36. The molecule has 1 saturated heterocycles. The molecule has 0 aromatic carbocycles. The van der Waals surface area contributed by atoms with Gasteiger partial charge in [0.15, 0.2) is 0 Å². The van der Waals surface area contributed by atoms with E-state index >= 15 is 0 Å². The molecule has 0 aliphatic carbocycles. The fraction of sp³-hybridized carbons (Fsp3) is 0.500. The maximum atomic E-state index is 12.7. The van der Waals surface area contributed by atoms with Crippen LogP contribution in [0.15, 0.2) is 0 Å². The van der Waals surface area contributed by atoms with Crippen molar-refractivity contribution in [1.82, 2.24) is 15.1 Å². The number of nitrogens with two attached hydrogens (primary N) is 1. The number of rotatable bonds is 1. The van der Waals surface area contributed by atoms with E-state index in [0.29, 0.717) is 15.8 Å². The van der Waals surface area contributed by atoms with Crippen LogP contribution in [0.5, 0.6) is 0 Å². The number of fused-ring (bicyclic) bond motifs is 1. The van der Waals surface area contributed by atoms with Crippen LogP contribution in [0.25, 0.3) is 10.2 Å². The quantitative estimate of drug-likeness (QED) is 0.873. The van der Waals surface area contributed by atoms with Crippen LogP contribution in [0.1, 0.15) is 27.9 Å². The Morgan fingerprint density at radius 3 is 2.86 bits per heavy atom. The minimum atomic E-state index is 0.0275. The lowest BCUT2D eigenvalue weighted by Gasteiger charge is -2.30. The lowest BCUT2D eigenvalue weighted by Crippen LogP contribution is -2.40. The standard InChI is InChI=1S/C14H18N4OS2/c1-7-6-18(4-5-20-7)14(19)12-11(15)10-8(2)9(3)16-17-13(10)21-12/h7H,4-6,15H2,1-3H3. The van der Waals surface area contributed by atoms with Gasteiger partial charge in [-0.2, -0.15) is 16.9 Å². The summed E-state index contributed by atoms with van der Waals surface area (Å²) in [6, 6.07) is 0. The summed E-state index contributed by atoms with van der Waals surface area (Å²) < 4.78 is 0. The van der Waals surface area contributed by atoms with E-state index < -0.39 is 0 Å². The van der Waals surface area contributed by atoms with Crippen LogP contribution in [0.2, 0.25) is 0 Å². The molecule has 2 aromatic heterocycles. The third-order valence-corrected chi connectivity index (χ3v) is 6.07. The van der Waals surface area contributed by atoms with Crippen molar-refractivity contribution in [3.8, 4) is 0 Å². The van der Waals surface area contributed by atoms with Crippen molar-refractivity contribution in [3.63, 3.8) is 0 Å². The number of nitrogen functional groups attached to an aromatic ring is 1. The Hall–Kier alpha value is -1.34. The molecule has 21 heavy (non-hydrogen) atoms. The van der Waals surface area contributed by atoms with Crippen molar-refractivity contribution < 1.29 is 4.79 Å². The second kappa shape index (κ2) is 5.46. The molecule has 112 valence electrons. The van der Waals surface area contributed by atoms with Crippen molar-refractivity contribution in [3.05, 3.63) is 16.1 Å². The second-order valence-electron chi connectivity index (χ2n) is 5.37. The molecule has 2 aromatic rings. The van der Waals surface area contributed by atoms with E-state index in [0.717, 1.165) is 40.3 Å². The van der Waals surface area contributed by atoms with Gasteiger partial charge in [-0.1, -0.05) is 6.92 Å². The number of carbonyl (C=O) groups is 1. The predicted molar refractivity (Wildman–Crippen MR) is 89.1 cm³/mol. The molecule has 1 aliphatic heterocycles. The first kappa shape index (κ1) is 14.6. The number of anilines is 1. The van der Waals surface area contributed by atoms with E-state index in [9.17, 15) is 4.79 Å². The maximum Gasteiger partial charge on any atom is 0.266 e. The Bertz CT molecular complexity index is 713. The number of hydrogen-bond donors (Lipinski definition) is 1. The first-order chi connectivity index (χ1) is 9.99. The highest BCUT2D eigenvalue weighted by molar-refractivity contribution is 7.99. The number of amides is 1. The number of nitrogens with zero attached hydrogens (tertiary/aromatic N) is 3. The molecule has 1 amide bonds. The van der Waals surface area contributed by atoms with E-state index in [2.05, 4.69) is 17.1 Å². The van der Waals surface area contributed by atoms with Gasteiger partial charge < -0.3 is 10.6 Å². The highest BCUT2D eigenvalue weighted by Gasteiger charge is 2.27. The van der Waals surface area contributed by atoms with Gasteiger partial charge in [0.25, 0.3) is 5.91 Å². The Kier molecular flexibility index (Phi) is 3.79. The first-order valence-electron chi connectivity index (χ1n) is 6.91. The van der Waals surface area contributed by atoms with Crippen molar-refractivity contribution in [2.75, 3.05) is 24.6 Å². The van der Waals surface area contributed by atoms with Gasteiger partial charge in [-0.3, -0.25) is 4.79 Å². The summed E-state index contributed by atoms with van der Waals surface area (Å²) in [5, 5.41) is 9.66. The molecule has 3 heterocycles. The molecular formula is C14H18N4OS2. The second-order valence-corrected chi connectivity index (χ2v) is 7.91. The molecule has 1 aliphatic rings. The van der Waals surface area contributed by atoms with Crippen LogP contribution in [-0.2, 0) is 0 Å². The summed E-state index contributed by atoms with van der Waals surface area (Å²) in [7, 11) is 0. The van der Waals surface area contributed by atoms with Gasteiger partial charge in [-0.05, 0) is 19.4 Å². The summed E-state index contributed by atoms with van der Waals surface area (Å²) in [5.41, 5.74) is 8.66. The molecule has 1 atom stereocenters. The number of aromatic nitrogens is 2. The van der Waals surface area contributed by atoms with E-state index in [4.69, 9.17) is 5.73 Å². The minimum Gasteiger partial charge on any atom is -0.397 e. The summed E-state index contributed by atoms with van der Waals surface area (Å²) >= 11 is 3.26. The monoisotopic (exact) mass is 322 g/mol. The lowest BCUT2D eigenvalue weighted by molar-refractivity contribution is 0.0769. The molecule has 7 heteroatoms. The number of aryl methyl sites for hydroxylation is 2. The highest BCUT2D eigenvalue weighted by atomic mass is 32.2. The largest absolute Gasteiger partial charge is 0.397 e. The number of thioether (sulfide) groups is 1. The Morgan fingerprint density at radius 2 is 2.14 bits per heavy atom. The Morgan fingerprint density at radius 1 is 1.38 bits per heavy atom. The Balaban J connectivity index is 2.02. The van der Waals surface area contributed by atoms with E-state index in [1.807, 2.05) is 30.5 Å². The van der Waals surface area contributed by atoms with Crippen LogP contribution in [-0.4, -0.2) is 45.1 Å². The predicted octanol–water partition coefficient (Wildman–Crippen LogP) is 2.47. The van der Waals surface area contributed by atoms with E-state index in [-0.39, 0.29) is 5.91 Å². The minimum absolute atomic E-state index is 0.0275. The average molecular weight is 322 g/mol. The normalized spacial score (nSPS) is 19.2. The van der Waals surface area contributed by atoms with Crippen LogP contribution >= 0.6 is 23.1 Å². The van der Waals surface area contributed by atoms with Gasteiger partial charge >= 0.3 is 0 Å². The van der Waals surface area contributed by atoms with Gasteiger partial charge in [-0.25, -0.2) is 0 Å². The zero-order valence-corrected chi connectivity index (χ0v) is 14.0. The zero-order chi connectivity index (χ0) is 15.1. The van der Waals surface area contributed by atoms with Crippen LogP contribution < -0.4 is 5.73 Å². The molecule has 3 rings (SSSR count). The van der Waals surface area contributed by atoms with Gasteiger partial charge in [0.1, 0.15) is 9.71 Å². The topological polar surface area (TPSA) is 72.1 Å². The summed E-state index contributed by atoms with van der Waals surface area (Å²) in [6.45, 7) is 7.59. The molecule has 1 fully saturated rings. The third kappa shape index (κ3) is 2.48. The van der Waals surface area contributed by atoms with Crippen molar-refractivity contribution in [1.29, 1.82) is 0 Å². The van der Waals surface area contributed by atoms with Gasteiger partial charge in [0.2, 0.25) is 0 Å². The summed E-state index contributed by atoms with van der Waals surface area (Å²) in [6.07, 6.45) is 0. The summed E-state index contributed by atoms with van der Waals surface area (Å²) in [5.74, 6) is 1.01. The fourth-order valence-electron chi connectivity index (χ4n) is 2.55. The van der Waals surface area contributed by atoms with Gasteiger partial charge in [0, 0.05) is 29.5 Å². The first-order valence-corrected chi connectivity index (χ1v) is 8.78. The molecular weight excluding hydrogens is 304 g/mol. The van der Waals surface area contributed by atoms with Crippen molar-refractivity contribution >= 4 is 44.9 Å². The van der Waals surface area contributed by atoms with Crippen LogP contribution in [0.3, 0.4) is 0 Å². The van der Waals surface area contributed by atoms with E-state index in [1.54, 1.807) is 0 Å². The number of hydrogen-bond acceptors (Lipinski definition) is 6. The maximum absolute atomic E-state index is 12.7. The third-order valence-electron chi connectivity index (χ3n) is 3.86. The molecule has 5 nitrogen and oxygen atoms in total. The SMILES string of the molecule is Cc1nnc2sc(C(=O)N3CCSC(C)C3)c(N)c2c1C. The smallest absolute Gasteiger partial charge is 0.266 e. The van der Waals surface area contributed by atoms with Gasteiger partial charge in [0.05, 0.1) is 11.4 Å². The van der Waals surface area contributed by atoms with Crippen molar-refractivity contribution in [2.45, 2.75) is 26.0 Å². The van der Waals surface area contributed by atoms with Crippen LogP contribution in [0, 0.1) is 13.8 Å². The number of carbonyl (C=O) groups excluding carboxylic acids is 1. The number of thiophene rings is 1. The molecule has 2 N–H and O–H groups in total. The molecule has 0 bridgehead atoms. The molecule has 1 unspecified atom stereocenters. The van der Waals surface area contributed by atoms with Crippen molar-refractivity contribution in [2.24, 2.45) is 0 Å². The molecule has 0 saturated carbocycles. The fourth-order valence-corrected chi connectivity index (χ4v) is 4.63. The van der Waals surface area contributed by atoms with Crippen LogP contribution in [0.4, 0.5) is 5.69 Å². The van der Waals surface area contributed by atoms with Gasteiger partial charge in [-0.15, -0.1) is 16.4 Å². The zero-order valence-electron chi connectivity index (χ0n) is 12.3. The van der Waals surface area contributed by atoms with E-state index in [1.165, 1.54) is 11.3 Å². The molecule has 0 spiro atoms. The summed E-state index contributed by atoms with van der Waals surface area (Å²) in [4.78, 5) is 16.0.